The number of nitrogens with one attached hydrogen (secondary N) is 1. The van der Waals surface area contributed by atoms with Gasteiger partial charge in [0.05, 0.1) is 0 Å². The zero-order valence-corrected chi connectivity index (χ0v) is 16.7. The molecule has 1 aliphatic heterocycles. The van der Waals surface area contributed by atoms with Crippen LogP contribution in [0.4, 0.5) is 0 Å². The smallest absolute Gasteiger partial charge is 0.260 e. The molecule has 1 fully saturated rings. The van der Waals surface area contributed by atoms with Gasteiger partial charge in [-0.3, -0.25) is 4.79 Å². The molecule has 1 atom stereocenters. The molecule has 0 unspecified atom stereocenters. The molecule has 2 rings (SSSR count). The van der Waals surface area contributed by atoms with Gasteiger partial charge >= 0.3 is 0 Å². The molecular formula is C20H31ClN2O2. The van der Waals surface area contributed by atoms with Gasteiger partial charge in [-0.1, -0.05) is 18.5 Å². The van der Waals surface area contributed by atoms with E-state index in [1.165, 1.54) is 25.9 Å². The van der Waals surface area contributed by atoms with Gasteiger partial charge in [-0.15, -0.1) is 0 Å². The van der Waals surface area contributed by atoms with Gasteiger partial charge in [0.25, 0.3) is 5.91 Å². The molecule has 0 bridgehead atoms. The van der Waals surface area contributed by atoms with Gasteiger partial charge in [-0.05, 0) is 88.8 Å². The van der Waals surface area contributed by atoms with Crippen LogP contribution in [-0.2, 0) is 4.79 Å². The maximum atomic E-state index is 12.2. The minimum Gasteiger partial charge on any atom is -0.481 e. The Hall–Kier alpha value is -1.26. The third-order valence-electron chi connectivity index (χ3n) is 4.92. The zero-order valence-electron chi connectivity index (χ0n) is 15.9. The van der Waals surface area contributed by atoms with E-state index in [9.17, 15) is 4.79 Å². The van der Waals surface area contributed by atoms with Crippen molar-refractivity contribution in [3.05, 3.63) is 28.3 Å². The quantitative estimate of drug-likeness (QED) is 0.742. The van der Waals surface area contributed by atoms with Crippen LogP contribution in [0.15, 0.2) is 12.1 Å². The van der Waals surface area contributed by atoms with Gasteiger partial charge in [0.1, 0.15) is 5.75 Å². The highest BCUT2D eigenvalue weighted by Crippen LogP contribution is 2.26. The number of nitrogens with zero attached hydrogens (tertiary/aromatic N) is 1. The highest BCUT2D eigenvalue weighted by molar-refractivity contribution is 6.32. The maximum Gasteiger partial charge on any atom is 0.260 e. The van der Waals surface area contributed by atoms with Crippen LogP contribution in [0.1, 0.15) is 44.2 Å². The monoisotopic (exact) mass is 366 g/mol. The summed E-state index contributed by atoms with van der Waals surface area (Å²) in [4.78, 5) is 14.7. The number of hydrogen-bond acceptors (Lipinski definition) is 3. The van der Waals surface area contributed by atoms with E-state index in [1.807, 2.05) is 26.0 Å². The van der Waals surface area contributed by atoms with Crippen molar-refractivity contribution in [3.63, 3.8) is 0 Å². The number of ether oxygens (including phenoxy) is 1. The number of aryl methyl sites for hydroxylation is 2. The van der Waals surface area contributed by atoms with Crippen molar-refractivity contribution in [2.45, 2.75) is 53.1 Å². The average molecular weight is 367 g/mol. The second-order valence-electron chi connectivity index (χ2n) is 7.30. The number of carbonyl (C=O) groups excluding carboxylic acids is 1. The van der Waals surface area contributed by atoms with Crippen molar-refractivity contribution in [3.8, 4) is 5.75 Å². The van der Waals surface area contributed by atoms with Crippen LogP contribution in [0.5, 0.6) is 5.75 Å². The van der Waals surface area contributed by atoms with E-state index in [0.717, 1.165) is 35.0 Å². The van der Waals surface area contributed by atoms with E-state index in [0.29, 0.717) is 12.3 Å². The summed E-state index contributed by atoms with van der Waals surface area (Å²) in [6.07, 6.45) is 3.04. The summed E-state index contributed by atoms with van der Waals surface area (Å²) in [7, 11) is 0. The average Bonchev–Trinajstić information content (AvgIpc) is 2.57. The normalized spacial score (nSPS) is 17.3. The molecule has 0 aliphatic carbocycles. The molecule has 1 amide bonds. The molecule has 0 radical (unpaired) electrons. The van der Waals surface area contributed by atoms with Crippen molar-refractivity contribution < 1.29 is 9.53 Å². The first-order valence-electron chi connectivity index (χ1n) is 9.30. The molecule has 0 saturated carbocycles. The first-order chi connectivity index (χ1) is 11.9. The fourth-order valence-electron chi connectivity index (χ4n) is 3.18. The zero-order chi connectivity index (χ0) is 18.4. The van der Waals surface area contributed by atoms with E-state index in [-0.39, 0.29) is 5.91 Å². The molecule has 5 heteroatoms. The maximum absolute atomic E-state index is 12.2. The summed E-state index contributed by atoms with van der Waals surface area (Å²) >= 11 is 6.17. The largest absolute Gasteiger partial charge is 0.481 e. The Morgan fingerprint density at radius 2 is 1.92 bits per heavy atom. The fourth-order valence-corrected chi connectivity index (χ4v) is 3.28. The first-order valence-corrected chi connectivity index (χ1v) is 9.68. The first kappa shape index (κ1) is 20.1. The lowest BCUT2D eigenvalue weighted by molar-refractivity contribution is -0.127. The van der Waals surface area contributed by atoms with Crippen LogP contribution in [0.25, 0.3) is 0 Å². The number of rotatable bonds is 7. The van der Waals surface area contributed by atoms with Gasteiger partial charge in [-0.25, -0.2) is 0 Å². The summed E-state index contributed by atoms with van der Waals surface area (Å²) in [6, 6.07) is 3.74. The van der Waals surface area contributed by atoms with Gasteiger partial charge in [0.15, 0.2) is 6.10 Å². The Morgan fingerprint density at radius 3 is 2.52 bits per heavy atom. The van der Waals surface area contributed by atoms with Crippen LogP contribution in [0, 0.1) is 19.8 Å². The molecular weight excluding hydrogens is 336 g/mol. The van der Waals surface area contributed by atoms with Gasteiger partial charge in [-0.2, -0.15) is 0 Å². The third-order valence-corrected chi connectivity index (χ3v) is 5.51. The molecule has 0 aromatic heterocycles. The number of halogens is 1. The molecule has 0 spiro atoms. The lowest BCUT2D eigenvalue weighted by Gasteiger charge is -2.30. The minimum atomic E-state index is -0.518. The molecule has 1 N–H and O–H groups in total. The number of hydrogen-bond donors (Lipinski definition) is 1. The molecule has 140 valence electrons. The number of likely N-dealkylation sites (tertiary alicyclic amines) is 1. The van der Waals surface area contributed by atoms with Crippen molar-refractivity contribution in [1.29, 1.82) is 0 Å². The Balaban J connectivity index is 1.70. The highest BCUT2D eigenvalue weighted by atomic mass is 35.5. The predicted molar refractivity (Wildman–Crippen MR) is 103 cm³/mol. The van der Waals surface area contributed by atoms with Crippen LogP contribution < -0.4 is 10.1 Å². The number of benzene rings is 1. The Kier molecular flexibility index (Phi) is 7.57. The minimum absolute atomic E-state index is 0.0717. The fraction of sp³-hybridized carbons (Fsp3) is 0.650. The van der Waals surface area contributed by atoms with E-state index in [2.05, 4.69) is 17.1 Å². The SMILES string of the molecule is Cc1cc(O[C@@H](C)C(=O)NCCCN2CCC(C)CC2)cc(C)c1Cl. The summed E-state index contributed by atoms with van der Waals surface area (Å²) < 4.78 is 5.77. The summed E-state index contributed by atoms with van der Waals surface area (Å²) in [6.45, 7) is 12.1. The second kappa shape index (κ2) is 9.44. The number of amides is 1. The molecule has 4 nitrogen and oxygen atoms in total. The van der Waals surface area contributed by atoms with Gasteiger partial charge < -0.3 is 15.0 Å². The van der Waals surface area contributed by atoms with E-state index < -0.39 is 6.10 Å². The van der Waals surface area contributed by atoms with Crippen LogP contribution in [0.2, 0.25) is 5.02 Å². The molecule has 25 heavy (non-hydrogen) atoms. The summed E-state index contributed by atoms with van der Waals surface area (Å²) in [5.41, 5.74) is 1.92. The van der Waals surface area contributed by atoms with E-state index in [1.54, 1.807) is 6.92 Å². The topological polar surface area (TPSA) is 41.6 Å². The van der Waals surface area contributed by atoms with Crippen molar-refractivity contribution >= 4 is 17.5 Å². The standard InChI is InChI=1S/C20H31ClN2O2/c1-14-6-10-23(11-7-14)9-5-8-22-20(24)17(4)25-18-12-15(2)19(21)16(3)13-18/h12-14,17H,5-11H2,1-4H3,(H,22,24)/t17-/m0/s1. The van der Waals surface area contributed by atoms with Crippen LogP contribution in [-0.4, -0.2) is 43.1 Å². The van der Waals surface area contributed by atoms with Crippen molar-refractivity contribution in [1.82, 2.24) is 10.2 Å². The Bertz CT molecular complexity index is 560. The molecule has 1 heterocycles. The van der Waals surface area contributed by atoms with Gasteiger partial charge in [0, 0.05) is 11.6 Å². The van der Waals surface area contributed by atoms with E-state index >= 15 is 0 Å². The molecule has 1 aromatic carbocycles. The number of piperidine rings is 1. The highest BCUT2D eigenvalue weighted by Gasteiger charge is 2.17. The molecule has 1 aromatic rings. The lowest BCUT2D eigenvalue weighted by Crippen LogP contribution is -2.39. The third kappa shape index (κ3) is 6.19. The van der Waals surface area contributed by atoms with Crippen LogP contribution in [0.3, 0.4) is 0 Å². The second-order valence-corrected chi connectivity index (χ2v) is 7.68. The molecule has 1 aliphatic rings. The van der Waals surface area contributed by atoms with Gasteiger partial charge in [0.2, 0.25) is 0 Å². The van der Waals surface area contributed by atoms with Crippen LogP contribution >= 0.6 is 11.6 Å². The number of carbonyl (C=O) groups is 1. The predicted octanol–water partition coefficient (Wildman–Crippen LogP) is 3.96. The van der Waals surface area contributed by atoms with Crippen molar-refractivity contribution in [2.24, 2.45) is 5.92 Å². The summed E-state index contributed by atoms with van der Waals surface area (Å²) in [5, 5.41) is 3.72. The van der Waals surface area contributed by atoms with E-state index in [4.69, 9.17) is 16.3 Å². The summed E-state index contributed by atoms with van der Waals surface area (Å²) in [5.74, 6) is 1.47. The Morgan fingerprint density at radius 1 is 1.32 bits per heavy atom. The lowest BCUT2D eigenvalue weighted by atomic mass is 9.99. The molecule has 1 saturated heterocycles. The Labute approximate surface area is 156 Å². The van der Waals surface area contributed by atoms with Crippen molar-refractivity contribution in [2.75, 3.05) is 26.2 Å².